The normalized spacial score (nSPS) is 11.9. The topological polar surface area (TPSA) is 41.5 Å². The van der Waals surface area contributed by atoms with Crippen LogP contribution in [0.2, 0.25) is 0 Å². The average Bonchev–Trinajstić information content (AvgIpc) is 2.41. The molecule has 0 amide bonds. The van der Waals surface area contributed by atoms with Crippen LogP contribution in [0.1, 0.15) is 12.5 Å². The Morgan fingerprint density at radius 2 is 1.90 bits per heavy atom. The first kappa shape index (κ1) is 14.7. The van der Waals surface area contributed by atoms with Crippen LogP contribution in [-0.2, 0) is 6.42 Å². The highest BCUT2D eigenvalue weighted by Crippen LogP contribution is 2.28. The van der Waals surface area contributed by atoms with E-state index in [1.807, 2.05) is 30.3 Å². The molecule has 20 heavy (non-hydrogen) atoms. The number of ether oxygens (including phenoxy) is 1. The monoisotopic (exact) mass is 335 g/mol. The van der Waals surface area contributed by atoms with Crippen LogP contribution in [0, 0.1) is 0 Å². The van der Waals surface area contributed by atoms with Gasteiger partial charge in [-0.15, -0.1) is 0 Å². The number of phenolic OH excluding ortho intramolecular Hbond substituents is 1. The highest BCUT2D eigenvalue weighted by molar-refractivity contribution is 9.10. The lowest BCUT2D eigenvalue weighted by Crippen LogP contribution is -2.17. The Morgan fingerprint density at radius 3 is 2.50 bits per heavy atom. The minimum absolute atomic E-state index is 0.292. The third kappa shape index (κ3) is 3.90. The van der Waals surface area contributed by atoms with Gasteiger partial charge < -0.3 is 15.2 Å². The molecule has 0 fully saturated rings. The summed E-state index contributed by atoms with van der Waals surface area (Å²) < 4.78 is 6.15. The number of hydrogen-bond donors (Lipinski definition) is 2. The van der Waals surface area contributed by atoms with Crippen molar-refractivity contribution in [2.75, 3.05) is 12.4 Å². The molecule has 1 unspecified atom stereocenters. The van der Waals surface area contributed by atoms with Crippen LogP contribution >= 0.6 is 15.9 Å². The van der Waals surface area contributed by atoms with Crippen molar-refractivity contribution in [2.24, 2.45) is 0 Å². The molecule has 4 heteroatoms. The summed E-state index contributed by atoms with van der Waals surface area (Å²) in [5.41, 5.74) is 2.24. The lowest BCUT2D eigenvalue weighted by molar-refractivity contribution is 0.412. The number of rotatable bonds is 5. The maximum absolute atomic E-state index is 9.27. The van der Waals surface area contributed by atoms with Crippen LogP contribution in [0.15, 0.2) is 46.9 Å². The van der Waals surface area contributed by atoms with Gasteiger partial charge in [0.2, 0.25) is 0 Å². The van der Waals surface area contributed by atoms with Crippen molar-refractivity contribution in [3.05, 3.63) is 52.5 Å². The van der Waals surface area contributed by atoms with E-state index in [0.29, 0.717) is 11.8 Å². The van der Waals surface area contributed by atoms with E-state index in [0.717, 1.165) is 22.3 Å². The largest absolute Gasteiger partial charge is 0.508 e. The SMILES string of the molecule is COc1ccc(NC(C)Cc2ccc(O)cc2)cc1Br. The fraction of sp³-hybridized carbons (Fsp3) is 0.250. The second-order valence-electron chi connectivity index (χ2n) is 4.77. The Balaban J connectivity index is 1.99. The molecule has 2 aromatic carbocycles. The standard InChI is InChI=1S/C16H18BrNO2/c1-11(9-12-3-6-14(19)7-4-12)18-13-5-8-16(20-2)15(17)10-13/h3-8,10-11,18-19H,9H2,1-2H3. The van der Waals surface area contributed by atoms with E-state index in [2.05, 4.69) is 28.2 Å². The number of hydrogen-bond acceptors (Lipinski definition) is 3. The number of phenols is 1. The van der Waals surface area contributed by atoms with Gasteiger partial charge >= 0.3 is 0 Å². The Morgan fingerprint density at radius 1 is 1.20 bits per heavy atom. The summed E-state index contributed by atoms with van der Waals surface area (Å²) in [6.07, 6.45) is 0.893. The minimum atomic E-state index is 0.292. The summed E-state index contributed by atoms with van der Waals surface area (Å²) in [6, 6.07) is 13.5. The lowest BCUT2D eigenvalue weighted by Gasteiger charge is -2.16. The first-order valence-corrected chi connectivity index (χ1v) is 7.26. The van der Waals surface area contributed by atoms with E-state index in [1.165, 1.54) is 5.56 Å². The van der Waals surface area contributed by atoms with Crippen LogP contribution in [0.25, 0.3) is 0 Å². The third-order valence-electron chi connectivity index (χ3n) is 3.04. The molecule has 2 aromatic rings. The molecule has 3 nitrogen and oxygen atoms in total. The number of methoxy groups -OCH3 is 1. The summed E-state index contributed by atoms with van der Waals surface area (Å²) in [5, 5.41) is 12.7. The molecule has 0 aliphatic carbocycles. The van der Waals surface area contributed by atoms with Crippen LogP contribution in [-0.4, -0.2) is 18.3 Å². The summed E-state index contributed by atoms with van der Waals surface area (Å²) >= 11 is 3.48. The van der Waals surface area contributed by atoms with Crippen LogP contribution < -0.4 is 10.1 Å². The third-order valence-corrected chi connectivity index (χ3v) is 3.66. The maximum atomic E-state index is 9.27. The molecule has 106 valence electrons. The number of benzene rings is 2. The van der Waals surface area contributed by atoms with E-state index >= 15 is 0 Å². The first-order valence-electron chi connectivity index (χ1n) is 6.46. The quantitative estimate of drug-likeness (QED) is 0.860. The van der Waals surface area contributed by atoms with Crippen molar-refractivity contribution >= 4 is 21.6 Å². The second-order valence-corrected chi connectivity index (χ2v) is 5.62. The lowest BCUT2D eigenvalue weighted by atomic mass is 10.1. The molecule has 2 N–H and O–H groups in total. The molecule has 0 aliphatic rings. The Kier molecular flexibility index (Phi) is 4.90. The summed E-state index contributed by atoms with van der Waals surface area (Å²) in [4.78, 5) is 0. The average molecular weight is 336 g/mol. The van der Waals surface area contributed by atoms with Gasteiger partial charge in [0.15, 0.2) is 0 Å². The van der Waals surface area contributed by atoms with Crippen LogP contribution in [0.4, 0.5) is 5.69 Å². The smallest absolute Gasteiger partial charge is 0.133 e. The van der Waals surface area contributed by atoms with E-state index in [4.69, 9.17) is 4.74 Å². The van der Waals surface area contributed by atoms with Crippen molar-refractivity contribution in [3.63, 3.8) is 0 Å². The Hall–Kier alpha value is -1.68. The molecule has 0 aliphatic heterocycles. The van der Waals surface area contributed by atoms with E-state index in [-0.39, 0.29) is 0 Å². The summed E-state index contributed by atoms with van der Waals surface area (Å²) in [6.45, 7) is 2.13. The van der Waals surface area contributed by atoms with Gasteiger partial charge in [0.1, 0.15) is 11.5 Å². The van der Waals surface area contributed by atoms with Gasteiger partial charge in [-0.3, -0.25) is 0 Å². The number of anilines is 1. The van der Waals surface area contributed by atoms with Crippen molar-refractivity contribution < 1.29 is 9.84 Å². The summed E-state index contributed by atoms with van der Waals surface area (Å²) in [7, 11) is 1.65. The van der Waals surface area contributed by atoms with E-state index in [9.17, 15) is 5.11 Å². The van der Waals surface area contributed by atoms with Crippen LogP contribution in [0.5, 0.6) is 11.5 Å². The van der Waals surface area contributed by atoms with Gasteiger partial charge in [-0.2, -0.15) is 0 Å². The molecular weight excluding hydrogens is 318 g/mol. The molecule has 0 bridgehead atoms. The first-order chi connectivity index (χ1) is 9.58. The highest BCUT2D eigenvalue weighted by Gasteiger charge is 2.06. The van der Waals surface area contributed by atoms with Gasteiger partial charge in [-0.25, -0.2) is 0 Å². The number of aromatic hydroxyl groups is 1. The molecule has 1 atom stereocenters. The van der Waals surface area contributed by atoms with Crippen LogP contribution in [0.3, 0.4) is 0 Å². The van der Waals surface area contributed by atoms with E-state index in [1.54, 1.807) is 19.2 Å². The van der Waals surface area contributed by atoms with Crippen molar-refractivity contribution in [1.29, 1.82) is 0 Å². The van der Waals surface area contributed by atoms with Gasteiger partial charge in [0, 0.05) is 11.7 Å². The molecule has 0 saturated heterocycles. The zero-order chi connectivity index (χ0) is 14.5. The molecule has 0 heterocycles. The Labute approximate surface area is 127 Å². The van der Waals surface area contributed by atoms with Gasteiger partial charge in [0.05, 0.1) is 11.6 Å². The zero-order valence-electron chi connectivity index (χ0n) is 11.6. The predicted molar refractivity (Wildman–Crippen MR) is 85.6 cm³/mol. The maximum Gasteiger partial charge on any atom is 0.133 e. The van der Waals surface area contributed by atoms with E-state index < -0.39 is 0 Å². The van der Waals surface area contributed by atoms with Gasteiger partial charge in [-0.1, -0.05) is 12.1 Å². The van der Waals surface area contributed by atoms with Gasteiger partial charge in [-0.05, 0) is 65.2 Å². The summed E-state index contributed by atoms with van der Waals surface area (Å²) in [5.74, 6) is 1.12. The van der Waals surface area contributed by atoms with Crippen molar-refractivity contribution in [2.45, 2.75) is 19.4 Å². The molecule has 0 radical (unpaired) electrons. The molecule has 0 spiro atoms. The highest BCUT2D eigenvalue weighted by atomic mass is 79.9. The number of halogens is 1. The zero-order valence-corrected chi connectivity index (χ0v) is 13.1. The second kappa shape index (κ2) is 6.66. The van der Waals surface area contributed by atoms with Gasteiger partial charge in [0.25, 0.3) is 0 Å². The van der Waals surface area contributed by atoms with Crippen molar-refractivity contribution in [1.82, 2.24) is 0 Å². The molecule has 0 aromatic heterocycles. The number of nitrogens with one attached hydrogen (secondary N) is 1. The minimum Gasteiger partial charge on any atom is -0.508 e. The fourth-order valence-electron chi connectivity index (χ4n) is 2.08. The molecule has 2 rings (SSSR count). The molecule has 0 saturated carbocycles. The Bertz CT molecular complexity index is 569. The fourth-order valence-corrected chi connectivity index (χ4v) is 2.62. The predicted octanol–water partition coefficient (Wildman–Crippen LogP) is 4.21. The molecular formula is C16H18BrNO2. The van der Waals surface area contributed by atoms with Crippen molar-refractivity contribution in [3.8, 4) is 11.5 Å².